The number of carbonyl (C=O) groups is 1. The minimum absolute atomic E-state index is 0.165. The largest absolute Gasteiger partial charge is 0.348 e. The lowest BCUT2D eigenvalue weighted by atomic mass is 10.0. The van der Waals surface area contributed by atoms with Crippen LogP contribution < -0.4 is 11.0 Å². The van der Waals surface area contributed by atoms with E-state index in [1.165, 1.54) is 6.26 Å². The fourth-order valence-corrected chi connectivity index (χ4v) is 6.91. The van der Waals surface area contributed by atoms with Crippen molar-refractivity contribution in [1.82, 2.24) is 24.4 Å². The second kappa shape index (κ2) is 8.59. The molecule has 3 aromatic heterocycles. The van der Waals surface area contributed by atoms with E-state index < -0.39 is 14.6 Å². The van der Waals surface area contributed by atoms with Crippen molar-refractivity contribution in [2.24, 2.45) is 7.05 Å². The first-order valence-electron chi connectivity index (χ1n) is 13.2. The number of fused-ring (bicyclic) bond motifs is 3. The highest BCUT2D eigenvalue weighted by Crippen LogP contribution is 2.52. The Hall–Kier alpha value is -4.31. The molecule has 0 bridgehead atoms. The van der Waals surface area contributed by atoms with Crippen molar-refractivity contribution in [3.8, 4) is 16.8 Å². The van der Waals surface area contributed by atoms with E-state index in [2.05, 4.69) is 15.3 Å². The molecule has 202 valence electrons. The zero-order chi connectivity index (χ0) is 27.8. The van der Waals surface area contributed by atoms with Crippen LogP contribution in [-0.2, 0) is 21.6 Å². The van der Waals surface area contributed by atoms with E-state index >= 15 is 0 Å². The van der Waals surface area contributed by atoms with Gasteiger partial charge in [-0.1, -0.05) is 24.3 Å². The summed E-state index contributed by atoms with van der Waals surface area (Å²) in [5.74, 6) is -0.165. The fraction of sp³-hybridized carbons (Fsp3) is 0.267. The number of pyridine rings is 2. The number of benzene rings is 2. The lowest BCUT2D eigenvalue weighted by molar-refractivity contribution is 0.0946. The third-order valence-corrected chi connectivity index (χ3v) is 10.3. The maximum Gasteiger partial charge on any atom is 0.333 e. The van der Waals surface area contributed by atoms with Crippen molar-refractivity contribution >= 4 is 37.7 Å². The van der Waals surface area contributed by atoms with E-state index in [1.54, 1.807) is 34.6 Å². The molecule has 10 heteroatoms. The molecule has 0 atom stereocenters. The van der Waals surface area contributed by atoms with Gasteiger partial charge in [-0.25, -0.2) is 13.2 Å². The van der Waals surface area contributed by atoms with Crippen LogP contribution in [0.2, 0.25) is 0 Å². The van der Waals surface area contributed by atoms with Gasteiger partial charge >= 0.3 is 5.69 Å². The van der Waals surface area contributed by atoms with Gasteiger partial charge in [-0.05, 0) is 67.1 Å². The first kappa shape index (κ1) is 24.7. The van der Waals surface area contributed by atoms with Crippen molar-refractivity contribution in [3.05, 3.63) is 88.7 Å². The highest BCUT2D eigenvalue weighted by atomic mass is 32.2. The van der Waals surface area contributed by atoms with Crippen LogP contribution in [-0.4, -0.2) is 45.7 Å². The molecule has 0 radical (unpaired) electrons. The summed E-state index contributed by atoms with van der Waals surface area (Å²) < 4.78 is 27.2. The van der Waals surface area contributed by atoms with Gasteiger partial charge in [-0.3, -0.25) is 23.9 Å². The molecule has 2 aromatic carbocycles. The van der Waals surface area contributed by atoms with E-state index in [0.29, 0.717) is 35.3 Å². The molecule has 0 spiro atoms. The SMILES string of the molecule is Cn1c(=O)n(-c2ccc(C3(S(C)(=O)=O)CC3)cc2)c2c3cc(-c4ccc(C(=O)NC5CC5)nc4)ccc3ncc21. The van der Waals surface area contributed by atoms with Crippen molar-refractivity contribution in [3.63, 3.8) is 0 Å². The van der Waals surface area contributed by atoms with Crippen LogP contribution >= 0.6 is 0 Å². The van der Waals surface area contributed by atoms with E-state index in [9.17, 15) is 18.0 Å². The van der Waals surface area contributed by atoms with Crippen molar-refractivity contribution in [2.75, 3.05) is 6.26 Å². The van der Waals surface area contributed by atoms with Crippen LogP contribution in [0.4, 0.5) is 0 Å². The number of nitrogens with one attached hydrogen (secondary N) is 1. The molecule has 2 aliphatic carbocycles. The summed E-state index contributed by atoms with van der Waals surface area (Å²) >= 11 is 0. The summed E-state index contributed by atoms with van der Waals surface area (Å²) in [5.41, 5.74) is 5.40. The monoisotopic (exact) mass is 553 g/mol. The molecule has 2 aliphatic rings. The highest BCUT2D eigenvalue weighted by Gasteiger charge is 2.53. The van der Waals surface area contributed by atoms with Crippen molar-refractivity contribution < 1.29 is 13.2 Å². The summed E-state index contributed by atoms with van der Waals surface area (Å²) in [7, 11) is -1.53. The number of hydrogen-bond donors (Lipinski definition) is 1. The maximum absolute atomic E-state index is 13.5. The molecule has 1 N–H and O–H groups in total. The van der Waals surface area contributed by atoms with Gasteiger partial charge in [0.1, 0.15) is 5.69 Å². The molecule has 7 rings (SSSR count). The fourth-order valence-electron chi connectivity index (χ4n) is 5.50. The molecule has 1 amide bonds. The quantitative estimate of drug-likeness (QED) is 0.341. The van der Waals surface area contributed by atoms with Gasteiger partial charge in [0.15, 0.2) is 9.84 Å². The van der Waals surface area contributed by atoms with Crippen molar-refractivity contribution in [2.45, 2.75) is 36.5 Å². The van der Waals surface area contributed by atoms with Crippen LogP contribution in [0.1, 0.15) is 41.7 Å². The summed E-state index contributed by atoms with van der Waals surface area (Å²) in [4.78, 5) is 34.8. The Labute approximate surface area is 230 Å². The predicted molar refractivity (Wildman–Crippen MR) is 153 cm³/mol. The second-order valence-corrected chi connectivity index (χ2v) is 13.2. The van der Waals surface area contributed by atoms with Crippen LogP contribution in [0.15, 0.2) is 71.8 Å². The minimum Gasteiger partial charge on any atom is -0.348 e. The van der Waals surface area contributed by atoms with Gasteiger partial charge in [0.25, 0.3) is 5.91 Å². The summed E-state index contributed by atoms with van der Waals surface area (Å²) in [6.45, 7) is 0. The molecule has 2 saturated carbocycles. The number of aromatic nitrogens is 4. The Morgan fingerprint density at radius 3 is 2.33 bits per heavy atom. The topological polar surface area (TPSA) is 116 Å². The van der Waals surface area contributed by atoms with Gasteiger partial charge in [-0.2, -0.15) is 0 Å². The van der Waals surface area contributed by atoms with Gasteiger partial charge < -0.3 is 5.32 Å². The Balaban J connectivity index is 1.33. The van der Waals surface area contributed by atoms with Crippen molar-refractivity contribution in [1.29, 1.82) is 0 Å². The minimum atomic E-state index is -3.24. The van der Waals surface area contributed by atoms with Crippen LogP contribution in [0, 0.1) is 0 Å². The van der Waals surface area contributed by atoms with E-state index in [-0.39, 0.29) is 17.6 Å². The lowest BCUT2D eigenvalue weighted by Gasteiger charge is -2.14. The van der Waals surface area contributed by atoms with Crippen LogP contribution in [0.3, 0.4) is 0 Å². The third kappa shape index (κ3) is 3.85. The summed E-state index contributed by atoms with van der Waals surface area (Å²) in [5, 5.41) is 3.74. The number of amides is 1. The Bertz CT molecular complexity index is 2000. The molecule has 5 aromatic rings. The average Bonchev–Trinajstić information content (AvgIpc) is 3.88. The average molecular weight is 554 g/mol. The van der Waals surface area contributed by atoms with Gasteiger partial charge in [0.2, 0.25) is 0 Å². The molecular weight excluding hydrogens is 526 g/mol. The van der Waals surface area contributed by atoms with E-state index in [4.69, 9.17) is 0 Å². The summed E-state index contributed by atoms with van der Waals surface area (Å²) in [6.07, 6.45) is 7.91. The first-order chi connectivity index (χ1) is 19.2. The standard InChI is InChI=1S/C30H27N5O4S/c1-34-26-17-32-24-11-3-18(19-4-12-25(31-16-19)28(36)33-21-7-8-21)15-23(24)27(26)35(29(34)37)22-9-5-20(6-10-22)30(13-14-30)40(2,38)39/h3-6,9-12,15-17,21H,7-8,13-14H2,1-2H3,(H,33,36). The number of imidazole rings is 1. The molecular formula is C30H27N5O4S. The van der Waals surface area contributed by atoms with Crippen LogP contribution in [0.25, 0.3) is 38.8 Å². The van der Waals surface area contributed by atoms with E-state index in [0.717, 1.165) is 40.4 Å². The normalized spacial score (nSPS) is 16.4. The Morgan fingerprint density at radius 1 is 0.975 bits per heavy atom. The number of carbonyl (C=O) groups excluding carboxylic acids is 1. The zero-order valence-electron chi connectivity index (χ0n) is 22.1. The van der Waals surface area contributed by atoms with Crippen LogP contribution in [0.5, 0.6) is 0 Å². The van der Waals surface area contributed by atoms with Gasteiger partial charge in [0, 0.05) is 36.5 Å². The highest BCUT2D eigenvalue weighted by molar-refractivity contribution is 7.92. The maximum atomic E-state index is 13.5. The Morgan fingerprint density at radius 2 is 1.70 bits per heavy atom. The number of hydrogen-bond acceptors (Lipinski definition) is 6. The van der Waals surface area contributed by atoms with Gasteiger partial charge in [0.05, 0.1) is 33.2 Å². The zero-order valence-corrected chi connectivity index (χ0v) is 22.9. The number of rotatable bonds is 6. The smallest absolute Gasteiger partial charge is 0.333 e. The van der Waals surface area contributed by atoms with Gasteiger partial charge in [-0.15, -0.1) is 0 Å². The molecule has 0 saturated heterocycles. The molecule has 40 heavy (non-hydrogen) atoms. The predicted octanol–water partition coefficient (Wildman–Crippen LogP) is 3.87. The number of nitrogens with zero attached hydrogens (tertiary/aromatic N) is 4. The number of sulfone groups is 1. The third-order valence-electron chi connectivity index (χ3n) is 8.19. The Kier molecular flexibility index (Phi) is 5.31. The molecule has 0 unspecified atom stereocenters. The molecule has 3 heterocycles. The first-order valence-corrected chi connectivity index (χ1v) is 15.1. The second-order valence-electron chi connectivity index (χ2n) is 10.9. The molecule has 2 fully saturated rings. The molecule has 0 aliphatic heterocycles. The number of aryl methyl sites for hydroxylation is 1. The summed E-state index contributed by atoms with van der Waals surface area (Å²) in [6, 6.07) is 17.0. The molecule has 9 nitrogen and oxygen atoms in total. The lowest BCUT2D eigenvalue weighted by Crippen LogP contribution is -2.26. The van der Waals surface area contributed by atoms with E-state index in [1.807, 2.05) is 48.5 Å².